The summed E-state index contributed by atoms with van der Waals surface area (Å²) in [6.07, 6.45) is 1.07. The number of rotatable bonds is 4. The Morgan fingerprint density at radius 1 is 1.50 bits per heavy atom. The van der Waals surface area contributed by atoms with E-state index in [-0.39, 0.29) is 5.91 Å². The molecule has 1 rings (SSSR count). The van der Waals surface area contributed by atoms with Crippen molar-refractivity contribution >= 4 is 11.6 Å². The summed E-state index contributed by atoms with van der Waals surface area (Å²) in [6.45, 7) is 6.86. The first kappa shape index (κ1) is 12.6. The number of amides is 1. The van der Waals surface area contributed by atoms with Gasteiger partial charge in [0.25, 0.3) is 5.91 Å². The van der Waals surface area contributed by atoms with E-state index in [0.717, 1.165) is 24.2 Å². The Balaban J connectivity index is 2.63. The molecule has 0 aliphatic heterocycles. The predicted molar refractivity (Wildman–Crippen MR) is 67.4 cm³/mol. The van der Waals surface area contributed by atoms with Crippen molar-refractivity contribution in [3.8, 4) is 0 Å². The van der Waals surface area contributed by atoms with Crippen LogP contribution in [0.25, 0.3) is 0 Å². The molecule has 1 unspecified atom stereocenters. The van der Waals surface area contributed by atoms with Crippen LogP contribution in [0.4, 0.5) is 5.69 Å². The first-order valence-electron chi connectivity index (χ1n) is 5.69. The van der Waals surface area contributed by atoms with Gasteiger partial charge in [-0.3, -0.25) is 4.79 Å². The van der Waals surface area contributed by atoms with Crippen LogP contribution in [0.3, 0.4) is 0 Å². The van der Waals surface area contributed by atoms with Crippen molar-refractivity contribution in [2.45, 2.75) is 27.2 Å². The first-order chi connectivity index (χ1) is 7.54. The quantitative estimate of drug-likeness (QED) is 0.765. The first-order valence-corrected chi connectivity index (χ1v) is 5.69. The van der Waals surface area contributed by atoms with Crippen molar-refractivity contribution in [2.75, 3.05) is 12.3 Å². The Morgan fingerprint density at radius 2 is 2.19 bits per heavy atom. The van der Waals surface area contributed by atoms with Gasteiger partial charge < -0.3 is 11.1 Å². The van der Waals surface area contributed by atoms with Gasteiger partial charge in [-0.25, -0.2) is 0 Å². The Kier molecular flexibility index (Phi) is 4.35. The SMILES string of the molecule is CCC(C)CNC(=O)c1ccc(N)c(C)c1. The Bertz CT molecular complexity index is 374. The zero-order valence-corrected chi connectivity index (χ0v) is 10.2. The van der Waals surface area contributed by atoms with Crippen LogP contribution in [-0.2, 0) is 0 Å². The zero-order chi connectivity index (χ0) is 12.1. The van der Waals surface area contributed by atoms with Gasteiger partial charge >= 0.3 is 0 Å². The van der Waals surface area contributed by atoms with E-state index in [9.17, 15) is 4.79 Å². The lowest BCUT2D eigenvalue weighted by Crippen LogP contribution is -2.28. The molecule has 0 aromatic heterocycles. The van der Waals surface area contributed by atoms with E-state index in [1.54, 1.807) is 12.1 Å². The van der Waals surface area contributed by atoms with Crippen LogP contribution >= 0.6 is 0 Å². The summed E-state index contributed by atoms with van der Waals surface area (Å²) in [4.78, 5) is 11.8. The van der Waals surface area contributed by atoms with Gasteiger partial charge in [-0.05, 0) is 36.6 Å². The Morgan fingerprint density at radius 3 is 2.75 bits per heavy atom. The van der Waals surface area contributed by atoms with Crippen LogP contribution in [0.15, 0.2) is 18.2 Å². The lowest BCUT2D eigenvalue weighted by molar-refractivity contribution is 0.0948. The van der Waals surface area contributed by atoms with Crippen molar-refractivity contribution in [3.63, 3.8) is 0 Å². The van der Waals surface area contributed by atoms with E-state index in [4.69, 9.17) is 5.73 Å². The third kappa shape index (κ3) is 3.26. The molecule has 1 aromatic carbocycles. The average molecular weight is 220 g/mol. The molecule has 16 heavy (non-hydrogen) atoms. The van der Waals surface area contributed by atoms with Crippen molar-refractivity contribution in [1.29, 1.82) is 0 Å². The van der Waals surface area contributed by atoms with Crippen LogP contribution in [0.5, 0.6) is 0 Å². The third-order valence-corrected chi connectivity index (χ3v) is 2.84. The molecule has 1 atom stereocenters. The van der Waals surface area contributed by atoms with Crippen molar-refractivity contribution in [3.05, 3.63) is 29.3 Å². The van der Waals surface area contributed by atoms with E-state index >= 15 is 0 Å². The highest BCUT2D eigenvalue weighted by Crippen LogP contribution is 2.12. The number of carbonyl (C=O) groups excluding carboxylic acids is 1. The summed E-state index contributed by atoms with van der Waals surface area (Å²) < 4.78 is 0. The summed E-state index contributed by atoms with van der Waals surface area (Å²) in [6, 6.07) is 5.35. The number of nitrogens with one attached hydrogen (secondary N) is 1. The van der Waals surface area contributed by atoms with Gasteiger partial charge in [-0.15, -0.1) is 0 Å². The van der Waals surface area contributed by atoms with Gasteiger partial charge in [-0.2, -0.15) is 0 Å². The number of nitrogens with two attached hydrogens (primary N) is 1. The number of hydrogen-bond donors (Lipinski definition) is 2. The van der Waals surface area contributed by atoms with Gasteiger partial charge in [0, 0.05) is 17.8 Å². The molecular formula is C13H20N2O. The van der Waals surface area contributed by atoms with Crippen molar-refractivity contribution in [2.24, 2.45) is 5.92 Å². The number of nitrogen functional groups attached to an aromatic ring is 1. The number of hydrogen-bond acceptors (Lipinski definition) is 2. The highest BCUT2D eigenvalue weighted by atomic mass is 16.1. The van der Waals surface area contributed by atoms with Gasteiger partial charge in [-0.1, -0.05) is 20.3 Å². The van der Waals surface area contributed by atoms with Crippen LogP contribution in [0.2, 0.25) is 0 Å². The molecule has 3 nitrogen and oxygen atoms in total. The molecule has 0 saturated carbocycles. The molecule has 0 saturated heterocycles. The summed E-state index contributed by atoms with van der Waals surface area (Å²) in [7, 11) is 0. The average Bonchev–Trinajstić information content (AvgIpc) is 2.29. The maximum atomic E-state index is 11.8. The fraction of sp³-hybridized carbons (Fsp3) is 0.462. The van der Waals surface area contributed by atoms with Crippen LogP contribution in [-0.4, -0.2) is 12.5 Å². The molecule has 88 valence electrons. The van der Waals surface area contributed by atoms with E-state index < -0.39 is 0 Å². The molecular weight excluding hydrogens is 200 g/mol. The van der Waals surface area contributed by atoms with Crippen LogP contribution in [0.1, 0.15) is 36.2 Å². The van der Waals surface area contributed by atoms with Crippen molar-refractivity contribution < 1.29 is 4.79 Å². The second-order valence-corrected chi connectivity index (χ2v) is 4.29. The maximum absolute atomic E-state index is 11.8. The summed E-state index contributed by atoms with van der Waals surface area (Å²) in [5, 5.41) is 2.92. The molecule has 0 bridgehead atoms. The molecule has 1 aromatic rings. The van der Waals surface area contributed by atoms with Gasteiger partial charge in [0.05, 0.1) is 0 Å². The molecule has 0 aliphatic carbocycles. The fourth-order valence-corrected chi connectivity index (χ4v) is 1.33. The lowest BCUT2D eigenvalue weighted by atomic mass is 10.1. The lowest BCUT2D eigenvalue weighted by Gasteiger charge is -2.10. The Hall–Kier alpha value is -1.51. The number of anilines is 1. The summed E-state index contributed by atoms with van der Waals surface area (Å²) in [5.41, 5.74) is 8.04. The molecule has 0 radical (unpaired) electrons. The predicted octanol–water partition coefficient (Wildman–Crippen LogP) is 2.35. The topological polar surface area (TPSA) is 55.1 Å². The molecule has 0 spiro atoms. The largest absolute Gasteiger partial charge is 0.399 e. The smallest absolute Gasteiger partial charge is 0.251 e. The zero-order valence-electron chi connectivity index (χ0n) is 10.2. The van der Waals surface area contributed by atoms with Gasteiger partial charge in [0.2, 0.25) is 0 Å². The third-order valence-electron chi connectivity index (χ3n) is 2.84. The summed E-state index contributed by atoms with van der Waals surface area (Å²) >= 11 is 0. The van der Waals surface area contributed by atoms with Gasteiger partial charge in [0.15, 0.2) is 0 Å². The van der Waals surface area contributed by atoms with Crippen molar-refractivity contribution in [1.82, 2.24) is 5.32 Å². The molecule has 0 fully saturated rings. The number of benzene rings is 1. The number of carbonyl (C=O) groups is 1. The van der Waals surface area contributed by atoms with E-state index in [1.807, 2.05) is 13.0 Å². The second-order valence-electron chi connectivity index (χ2n) is 4.29. The minimum atomic E-state index is -0.0246. The standard InChI is InChI=1S/C13H20N2O/c1-4-9(2)8-15-13(16)11-5-6-12(14)10(3)7-11/h5-7,9H,4,8,14H2,1-3H3,(H,15,16). The minimum Gasteiger partial charge on any atom is -0.399 e. The monoisotopic (exact) mass is 220 g/mol. The van der Waals surface area contributed by atoms with Crippen LogP contribution < -0.4 is 11.1 Å². The maximum Gasteiger partial charge on any atom is 0.251 e. The summed E-state index contributed by atoms with van der Waals surface area (Å²) in [5.74, 6) is 0.488. The van der Waals surface area contributed by atoms with E-state index in [2.05, 4.69) is 19.2 Å². The molecule has 0 aliphatic rings. The molecule has 0 heterocycles. The second kappa shape index (κ2) is 5.54. The highest BCUT2D eigenvalue weighted by molar-refractivity contribution is 5.94. The van der Waals surface area contributed by atoms with Crippen LogP contribution in [0, 0.1) is 12.8 Å². The van der Waals surface area contributed by atoms with E-state index in [1.165, 1.54) is 0 Å². The molecule has 1 amide bonds. The Labute approximate surface area is 97.0 Å². The minimum absolute atomic E-state index is 0.0246. The number of aryl methyl sites for hydroxylation is 1. The van der Waals surface area contributed by atoms with Gasteiger partial charge in [0.1, 0.15) is 0 Å². The normalized spacial score (nSPS) is 12.2. The molecule has 3 N–H and O–H groups in total. The van der Waals surface area contributed by atoms with E-state index in [0.29, 0.717) is 11.5 Å². The fourth-order valence-electron chi connectivity index (χ4n) is 1.33. The highest BCUT2D eigenvalue weighted by Gasteiger charge is 2.07. The molecule has 3 heteroatoms.